The van der Waals surface area contributed by atoms with Crippen LogP contribution in [0.1, 0.15) is 76.7 Å². The Labute approximate surface area is 227 Å². The highest BCUT2D eigenvalue weighted by Gasteiger charge is 2.66. The van der Waals surface area contributed by atoms with Gasteiger partial charge in [-0.1, -0.05) is 38.1 Å². The summed E-state index contributed by atoms with van der Waals surface area (Å²) in [6, 6.07) is 9.84. The van der Waals surface area contributed by atoms with Crippen LogP contribution < -0.4 is 0 Å². The van der Waals surface area contributed by atoms with Gasteiger partial charge in [0.05, 0.1) is 24.4 Å². The molecule has 2 spiro atoms. The second-order valence-corrected chi connectivity index (χ2v) is 14.3. The van der Waals surface area contributed by atoms with Gasteiger partial charge in [0.1, 0.15) is 0 Å². The van der Waals surface area contributed by atoms with E-state index in [0.29, 0.717) is 23.3 Å². The largest absolute Gasteiger partial charge is 0.380 e. The maximum absolute atomic E-state index is 7.57. The average molecular weight is 511 g/mol. The lowest BCUT2D eigenvalue weighted by Gasteiger charge is -2.55. The number of hydrogen-bond donors (Lipinski definition) is 0. The second-order valence-electron chi connectivity index (χ2n) is 14.3. The highest BCUT2D eigenvalue weighted by molar-refractivity contribution is 5.82. The second kappa shape index (κ2) is 8.02. The number of ether oxygens (including phenoxy) is 2. The molecule has 1 aromatic carbocycles. The molecular weight excluding hydrogens is 468 g/mol. The molecule has 2 saturated heterocycles. The van der Waals surface area contributed by atoms with E-state index < -0.39 is 0 Å². The Kier molecular flexibility index (Phi) is 5.03. The molecule has 8 rings (SSSR count). The lowest BCUT2D eigenvalue weighted by Crippen LogP contribution is -2.56. The van der Waals surface area contributed by atoms with Gasteiger partial charge in [-0.3, -0.25) is 4.98 Å². The first-order chi connectivity index (χ1) is 18.3. The Hall–Kier alpha value is -2.01. The summed E-state index contributed by atoms with van der Waals surface area (Å²) in [4.78, 5) is 7.04. The molecule has 6 atom stereocenters. The predicted octanol–water partition coefficient (Wildman–Crippen LogP) is 6.81. The molecule has 0 N–H and O–H groups in total. The summed E-state index contributed by atoms with van der Waals surface area (Å²) in [5.41, 5.74) is 5.05. The third-order valence-electron chi connectivity index (χ3n) is 11.9. The molecule has 38 heavy (non-hydrogen) atoms. The molecule has 200 valence electrons. The molecule has 4 heteroatoms. The van der Waals surface area contributed by atoms with Crippen LogP contribution in [0.15, 0.2) is 60.0 Å². The molecule has 2 unspecified atom stereocenters. The van der Waals surface area contributed by atoms with Gasteiger partial charge in [-0.05, 0) is 110 Å². The van der Waals surface area contributed by atoms with Crippen LogP contribution in [-0.4, -0.2) is 53.9 Å². The van der Waals surface area contributed by atoms with Crippen LogP contribution in [0, 0.1) is 16.7 Å². The fraction of sp³-hybridized carbons (Fsp3) is 0.618. The number of aromatic nitrogens is 1. The van der Waals surface area contributed by atoms with E-state index in [1.54, 1.807) is 5.57 Å². The van der Waals surface area contributed by atoms with Gasteiger partial charge in [0, 0.05) is 35.8 Å². The molecule has 4 heterocycles. The Morgan fingerprint density at radius 1 is 1.05 bits per heavy atom. The maximum atomic E-state index is 7.57. The Morgan fingerprint density at radius 3 is 2.79 bits per heavy atom. The normalized spacial score (nSPS) is 40.7. The molecule has 0 radical (unpaired) electrons. The minimum atomic E-state index is -0.0854. The van der Waals surface area contributed by atoms with Gasteiger partial charge in [0.25, 0.3) is 0 Å². The van der Waals surface area contributed by atoms with Gasteiger partial charge in [-0.2, -0.15) is 0 Å². The molecule has 3 aliphatic carbocycles. The van der Waals surface area contributed by atoms with Gasteiger partial charge in [0.15, 0.2) is 0 Å². The van der Waals surface area contributed by atoms with Gasteiger partial charge < -0.3 is 14.4 Å². The van der Waals surface area contributed by atoms with Gasteiger partial charge >= 0.3 is 0 Å². The quantitative estimate of drug-likeness (QED) is 0.452. The van der Waals surface area contributed by atoms with Gasteiger partial charge in [-0.25, -0.2) is 0 Å². The van der Waals surface area contributed by atoms with E-state index in [1.807, 2.05) is 12.4 Å². The topological polar surface area (TPSA) is 34.6 Å². The third kappa shape index (κ3) is 3.23. The average Bonchev–Trinajstić information content (AvgIpc) is 3.42. The summed E-state index contributed by atoms with van der Waals surface area (Å²) in [6.45, 7) is 7.90. The van der Waals surface area contributed by atoms with Crippen molar-refractivity contribution in [3.05, 3.63) is 65.5 Å². The van der Waals surface area contributed by atoms with Crippen molar-refractivity contribution in [1.82, 2.24) is 9.88 Å². The molecule has 0 amide bonds. The Balaban J connectivity index is 1.10. The van der Waals surface area contributed by atoms with Crippen molar-refractivity contribution < 1.29 is 9.47 Å². The summed E-state index contributed by atoms with van der Waals surface area (Å²) in [5.74, 6) is 1.16. The number of nitrogens with zero attached hydrogens (tertiary/aromatic N) is 2. The van der Waals surface area contributed by atoms with Crippen LogP contribution in [0.25, 0.3) is 10.8 Å². The Morgan fingerprint density at radius 2 is 1.95 bits per heavy atom. The number of benzene rings is 1. The SMILES string of the molecule is CN(CC1(C)COC1)[C@@H]1CCC2=CC3=CCC4(C)C(c5ccc6ccncc6c5)CC[C@H]4[C@@]34CC[C@]2(C1)O4. The summed E-state index contributed by atoms with van der Waals surface area (Å²) in [6.07, 6.45) is 18.8. The smallest absolute Gasteiger partial charge is 0.0974 e. The van der Waals surface area contributed by atoms with E-state index in [2.05, 4.69) is 67.2 Å². The molecule has 2 saturated carbocycles. The van der Waals surface area contributed by atoms with Crippen molar-refractivity contribution in [2.75, 3.05) is 26.8 Å². The van der Waals surface area contributed by atoms with Crippen molar-refractivity contribution in [1.29, 1.82) is 0 Å². The number of fused-ring (bicyclic) bond motifs is 2. The zero-order valence-corrected chi connectivity index (χ0v) is 23.3. The van der Waals surface area contributed by atoms with E-state index >= 15 is 0 Å². The first-order valence-electron chi connectivity index (χ1n) is 15.1. The van der Waals surface area contributed by atoms with Crippen LogP contribution in [0.3, 0.4) is 0 Å². The van der Waals surface area contributed by atoms with Gasteiger partial charge in [-0.15, -0.1) is 0 Å². The van der Waals surface area contributed by atoms with Crippen molar-refractivity contribution in [2.24, 2.45) is 16.7 Å². The molecule has 1 aromatic heterocycles. The first kappa shape index (κ1) is 23.8. The van der Waals surface area contributed by atoms with Crippen LogP contribution in [0.4, 0.5) is 0 Å². The number of rotatable bonds is 4. The van der Waals surface area contributed by atoms with E-state index in [0.717, 1.165) is 32.6 Å². The summed E-state index contributed by atoms with van der Waals surface area (Å²) in [5, 5.41) is 2.55. The zero-order chi connectivity index (χ0) is 25.8. The lowest BCUT2D eigenvalue weighted by atomic mass is 9.58. The maximum Gasteiger partial charge on any atom is 0.0974 e. The molecule has 6 aliphatic rings. The minimum absolute atomic E-state index is 0.0451. The van der Waals surface area contributed by atoms with Crippen molar-refractivity contribution in [2.45, 2.75) is 88.4 Å². The highest BCUT2D eigenvalue weighted by atomic mass is 16.5. The fourth-order valence-corrected chi connectivity index (χ4v) is 9.90. The van der Waals surface area contributed by atoms with Crippen LogP contribution in [0.2, 0.25) is 0 Å². The molecule has 2 bridgehead atoms. The monoisotopic (exact) mass is 510 g/mol. The summed E-state index contributed by atoms with van der Waals surface area (Å²) < 4.78 is 13.1. The van der Waals surface area contributed by atoms with Crippen molar-refractivity contribution in [3.8, 4) is 0 Å². The summed E-state index contributed by atoms with van der Waals surface area (Å²) in [7, 11) is 2.34. The number of pyridine rings is 1. The van der Waals surface area contributed by atoms with E-state index in [4.69, 9.17) is 9.47 Å². The van der Waals surface area contributed by atoms with Gasteiger partial charge in [0.2, 0.25) is 0 Å². The zero-order valence-electron chi connectivity index (χ0n) is 23.3. The number of hydrogen-bond acceptors (Lipinski definition) is 4. The predicted molar refractivity (Wildman–Crippen MR) is 151 cm³/mol. The minimum Gasteiger partial charge on any atom is -0.380 e. The van der Waals surface area contributed by atoms with Crippen molar-refractivity contribution >= 4 is 10.8 Å². The lowest BCUT2D eigenvalue weighted by molar-refractivity contribution is -0.147. The first-order valence-corrected chi connectivity index (χ1v) is 15.1. The molecule has 4 fully saturated rings. The van der Waals surface area contributed by atoms with Crippen molar-refractivity contribution in [3.63, 3.8) is 0 Å². The van der Waals surface area contributed by atoms with Crippen LogP contribution >= 0.6 is 0 Å². The fourth-order valence-electron chi connectivity index (χ4n) is 9.90. The molecule has 4 nitrogen and oxygen atoms in total. The third-order valence-corrected chi connectivity index (χ3v) is 11.9. The molecule has 2 aromatic rings. The van der Waals surface area contributed by atoms with Crippen LogP contribution in [0.5, 0.6) is 0 Å². The van der Waals surface area contributed by atoms with E-state index in [1.165, 1.54) is 60.4 Å². The highest BCUT2D eigenvalue weighted by Crippen LogP contribution is 2.69. The van der Waals surface area contributed by atoms with E-state index in [9.17, 15) is 0 Å². The Bertz CT molecular complexity index is 1360. The standard InChI is InChI=1S/C34H42N2O2/c1-31(21-37-22-31)20-36(3)28-7-6-26-17-27-10-12-32(2)29(24-5-4-23-11-15-35-19-25(23)16-24)8-9-30(32)34(27)14-13-33(26,18-28)38-34/h4-5,10-11,15-17,19,28-30H,6-9,12-14,18,20-22H2,1-3H3/t28-,29?,30-,32?,33-,34-/m1/s1. The molecular formula is C34H42N2O2. The molecule has 3 aliphatic heterocycles. The number of allylic oxidation sites excluding steroid dienone is 1. The van der Waals surface area contributed by atoms with E-state index in [-0.39, 0.29) is 16.6 Å². The van der Waals surface area contributed by atoms with Crippen LogP contribution in [-0.2, 0) is 9.47 Å². The summed E-state index contributed by atoms with van der Waals surface area (Å²) >= 11 is 0.